The maximum atomic E-state index is 12.7. The summed E-state index contributed by atoms with van der Waals surface area (Å²) in [6.45, 7) is 4.19. The fraction of sp³-hybridized carbons (Fsp3) is 0.786. The molecular weight excluding hydrogens is 274 g/mol. The molecule has 0 N–H and O–H groups in total. The van der Waals surface area contributed by atoms with Gasteiger partial charge in [0.05, 0.1) is 11.4 Å². The predicted octanol–water partition coefficient (Wildman–Crippen LogP) is 2.24. The number of aryl methyl sites for hydroxylation is 2. The Balaban J connectivity index is 2.20. The zero-order valence-electron chi connectivity index (χ0n) is 12.9. The second-order valence-corrected chi connectivity index (χ2v) is 7.89. The van der Waals surface area contributed by atoms with Gasteiger partial charge in [0.2, 0.25) is 10.0 Å². The first-order valence-electron chi connectivity index (χ1n) is 7.30. The number of hydrogen-bond acceptors (Lipinski definition) is 3. The van der Waals surface area contributed by atoms with Crippen molar-refractivity contribution in [3.05, 3.63) is 11.4 Å². The molecule has 1 heterocycles. The van der Waals surface area contributed by atoms with E-state index in [0.29, 0.717) is 28.7 Å². The maximum Gasteiger partial charge on any atom is 0.246 e. The van der Waals surface area contributed by atoms with Gasteiger partial charge in [0.1, 0.15) is 4.90 Å². The van der Waals surface area contributed by atoms with Gasteiger partial charge in [-0.05, 0) is 32.6 Å². The lowest BCUT2D eigenvalue weighted by Crippen LogP contribution is -2.33. The van der Waals surface area contributed by atoms with Crippen LogP contribution in [0, 0.1) is 19.8 Å². The Kier molecular flexibility index (Phi) is 4.54. The van der Waals surface area contributed by atoms with Crippen LogP contribution >= 0.6 is 0 Å². The van der Waals surface area contributed by atoms with E-state index in [9.17, 15) is 8.42 Å². The fourth-order valence-electron chi connectivity index (χ4n) is 3.11. The molecule has 0 aliphatic heterocycles. The van der Waals surface area contributed by atoms with Crippen LogP contribution in [-0.4, -0.2) is 36.1 Å². The van der Waals surface area contributed by atoms with Gasteiger partial charge < -0.3 is 0 Å². The van der Waals surface area contributed by atoms with E-state index < -0.39 is 10.0 Å². The predicted molar refractivity (Wildman–Crippen MR) is 79.1 cm³/mol. The highest BCUT2D eigenvalue weighted by Crippen LogP contribution is 2.27. The molecular formula is C14H25N3O2S. The van der Waals surface area contributed by atoms with Crippen molar-refractivity contribution in [2.24, 2.45) is 13.0 Å². The van der Waals surface area contributed by atoms with Crippen molar-refractivity contribution in [1.29, 1.82) is 0 Å². The van der Waals surface area contributed by atoms with Crippen molar-refractivity contribution in [1.82, 2.24) is 14.1 Å². The Morgan fingerprint density at radius 1 is 1.25 bits per heavy atom. The molecule has 114 valence electrons. The minimum Gasteiger partial charge on any atom is -0.271 e. The van der Waals surface area contributed by atoms with Gasteiger partial charge in [-0.1, -0.05) is 19.3 Å². The minimum absolute atomic E-state index is 0.373. The summed E-state index contributed by atoms with van der Waals surface area (Å²) >= 11 is 0. The second kappa shape index (κ2) is 5.85. The van der Waals surface area contributed by atoms with E-state index in [0.717, 1.165) is 12.8 Å². The van der Waals surface area contributed by atoms with Gasteiger partial charge in [0, 0.05) is 20.6 Å². The lowest BCUT2D eigenvalue weighted by molar-refractivity contribution is 0.300. The topological polar surface area (TPSA) is 55.2 Å². The summed E-state index contributed by atoms with van der Waals surface area (Å²) in [7, 11) is 0.0417. The van der Waals surface area contributed by atoms with Crippen LogP contribution in [0.25, 0.3) is 0 Å². The zero-order valence-corrected chi connectivity index (χ0v) is 13.7. The molecule has 0 bridgehead atoms. The van der Waals surface area contributed by atoms with E-state index in [2.05, 4.69) is 5.10 Å². The van der Waals surface area contributed by atoms with Crippen LogP contribution in [0.5, 0.6) is 0 Å². The van der Waals surface area contributed by atoms with E-state index in [1.807, 2.05) is 0 Å². The van der Waals surface area contributed by atoms with Gasteiger partial charge in [-0.3, -0.25) is 4.68 Å². The molecule has 0 aromatic carbocycles. The van der Waals surface area contributed by atoms with Crippen LogP contribution in [0.4, 0.5) is 0 Å². The van der Waals surface area contributed by atoms with Gasteiger partial charge in [0.15, 0.2) is 0 Å². The van der Waals surface area contributed by atoms with Crippen molar-refractivity contribution in [2.75, 3.05) is 13.6 Å². The van der Waals surface area contributed by atoms with Crippen LogP contribution in [0.15, 0.2) is 4.90 Å². The Bertz CT molecular complexity index is 571. The van der Waals surface area contributed by atoms with E-state index in [4.69, 9.17) is 0 Å². The van der Waals surface area contributed by atoms with Crippen LogP contribution < -0.4 is 0 Å². The molecule has 20 heavy (non-hydrogen) atoms. The smallest absolute Gasteiger partial charge is 0.246 e. The third-order valence-corrected chi connectivity index (χ3v) is 6.43. The standard InChI is InChI=1S/C14H25N3O2S/c1-11-14(12(2)17(4)15-11)20(18,19)16(3)10-13-8-6-5-7-9-13/h13H,5-10H2,1-4H3. The van der Waals surface area contributed by atoms with Crippen molar-refractivity contribution >= 4 is 10.0 Å². The summed E-state index contributed by atoms with van der Waals surface area (Å²) in [5.74, 6) is 0.501. The molecule has 5 nitrogen and oxygen atoms in total. The Morgan fingerprint density at radius 2 is 1.85 bits per heavy atom. The number of nitrogens with zero attached hydrogens (tertiary/aromatic N) is 3. The first-order valence-corrected chi connectivity index (χ1v) is 8.74. The molecule has 1 aliphatic rings. The molecule has 1 saturated carbocycles. The quantitative estimate of drug-likeness (QED) is 0.856. The Labute approximate surface area is 122 Å². The van der Waals surface area contributed by atoms with Gasteiger partial charge in [-0.25, -0.2) is 12.7 Å². The third kappa shape index (κ3) is 2.91. The molecule has 0 spiro atoms. The van der Waals surface area contributed by atoms with Gasteiger partial charge in [-0.2, -0.15) is 5.10 Å². The van der Waals surface area contributed by atoms with Gasteiger partial charge in [0.25, 0.3) is 0 Å². The molecule has 1 aromatic heterocycles. The van der Waals surface area contributed by atoms with Gasteiger partial charge in [-0.15, -0.1) is 0 Å². The van der Waals surface area contributed by atoms with E-state index >= 15 is 0 Å². The molecule has 1 aliphatic carbocycles. The summed E-state index contributed by atoms with van der Waals surface area (Å²) in [5.41, 5.74) is 1.29. The first kappa shape index (κ1) is 15.5. The first-order chi connectivity index (χ1) is 9.34. The average Bonchev–Trinajstić information content (AvgIpc) is 2.64. The molecule has 0 amide bonds. The molecule has 6 heteroatoms. The van der Waals surface area contributed by atoms with Crippen molar-refractivity contribution in [3.8, 4) is 0 Å². The lowest BCUT2D eigenvalue weighted by Gasteiger charge is -2.26. The van der Waals surface area contributed by atoms with Crippen LogP contribution in [-0.2, 0) is 17.1 Å². The van der Waals surface area contributed by atoms with Crippen LogP contribution in [0.3, 0.4) is 0 Å². The van der Waals surface area contributed by atoms with Crippen LogP contribution in [0.1, 0.15) is 43.5 Å². The minimum atomic E-state index is -3.43. The largest absolute Gasteiger partial charge is 0.271 e. The van der Waals surface area contributed by atoms with Crippen LogP contribution in [0.2, 0.25) is 0 Å². The molecule has 2 rings (SSSR count). The summed E-state index contributed by atoms with van der Waals surface area (Å²) < 4.78 is 28.6. The van der Waals surface area contributed by atoms with Crippen molar-refractivity contribution < 1.29 is 8.42 Å². The molecule has 0 atom stereocenters. The average molecular weight is 299 g/mol. The summed E-state index contributed by atoms with van der Waals surface area (Å²) in [4.78, 5) is 0.373. The van der Waals surface area contributed by atoms with Crippen molar-refractivity contribution in [2.45, 2.75) is 50.8 Å². The fourth-order valence-corrected chi connectivity index (χ4v) is 4.75. The highest BCUT2D eigenvalue weighted by atomic mass is 32.2. The normalized spacial score (nSPS) is 17.9. The molecule has 1 fully saturated rings. The number of hydrogen-bond donors (Lipinski definition) is 0. The van der Waals surface area contributed by atoms with Crippen molar-refractivity contribution in [3.63, 3.8) is 0 Å². The third-order valence-electron chi connectivity index (χ3n) is 4.35. The summed E-state index contributed by atoms with van der Waals surface area (Å²) in [5, 5.41) is 4.22. The Morgan fingerprint density at radius 3 is 2.35 bits per heavy atom. The molecule has 0 unspecified atom stereocenters. The van der Waals surface area contributed by atoms with E-state index in [1.54, 1.807) is 32.6 Å². The molecule has 0 saturated heterocycles. The molecule has 1 aromatic rings. The van der Waals surface area contributed by atoms with Gasteiger partial charge >= 0.3 is 0 Å². The number of rotatable bonds is 4. The lowest BCUT2D eigenvalue weighted by atomic mass is 9.89. The zero-order chi connectivity index (χ0) is 14.9. The SMILES string of the molecule is Cc1nn(C)c(C)c1S(=O)(=O)N(C)CC1CCCCC1. The second-order valence-electron chi connectivity index (χ2n) is 5.91. The summed E-state index contributed by atoms with van der Waals surface area (Å²) in [6.07, 6.45) is 6.02. The highest BCUT2D eigenvalue weighted by Gasteiger charge is 2.29. The monoisotopic (exact) mass is 299 g/mol. The maximum absolute atomic E-state index is 12.7. The van der Waals surface area contributed by atoms with E-state index in [-0.39, 0.29) is 0 Å². The highest BCUT2D eigenvalue weighted by molar-refractivity contribution is 7.89. The van der Waals surface area contributed by atoms with E-state index in [1.165, 1.54) is 23.6 Å². The number of sulfonamides is 1. The molecule has 0 radical (unpaired) electrons. The Hall–Kier alpha value is -0.880. The number of aromatic nitrogens is 2. The summed E-state index contributed by atoms with van der Waals surface area (Å²) in [6, 6.07) is 0.